The first-order valence-corrected chi connectivity index (χ1v) is 4.69. The predicted molar refractivity (Wildman–Crippen MR) is 49.8 cm³/mol. The zero-order valence-electron chi connectivity index (χ0n) is 7.86. The summed E-state index contributed by atoms with van der Waals surface area (Å²) in [6, 6.07) is 2.45. The Kier molecular flexibility index (Phi) is 2.49. The van der Waals surface area contributed by atoms with Crippen molar-refractivity contribution >= 4 is 0 Å². The van der Waals surface area contributed by atoms with Crippen molar-refractivity contribution in [2.24, 2.45) is 0 Å². The number of nitrogens with zero attached hydrogens (tertiary/aromatic N) is 2. The van der Waals surface area contributed by atoms with Gasteiger partial charge >= 0.3 is 0 Å². The van der Waals surface area contributed by atoms with Crippen LogP contribution in [0.3, 0.4) is 0 Å². The van der Waals surface area contributed by atoms with Crippen molar-refractivity contribution in [3.63, 3.8) is 0 Å². The van der Waals surface area contributed by atoms with Crippen molar-refractivity contribution in [1.82, 2.24) is 15.1 Å². The Morgan fingerprint density at radius 3 is 3.38 bits per heavy atom. The van der Waals surface area contributed by atoms with Gasteiger partial charge in [0.1, 0.15) is 0 Å². The van der Waals surface area contributed by atoms with Gasteiger partial charge in [0.05, 0.1) is 19.9 Å². The predicted octanol–water partition coefficient (Wildman–Crippen LogP) is 0.644. The number of ether oxygens (including phenoxy) is 1. The molecule has 0 aliphatic carbocycles. The lowest BCUT2D eigenvalue weighted by Gasteiger charge is -2.11. The second-order valence-corrected chi connectivity index (χ2v) is 3.35. The molecule has 72 valence electrons. The summed E-state index contributed by atoms with van der Waals surface area (Å²) in [5, 5.41) is 7.63. The van der Waals surface area contributed by atoms with Crippen LogP contribution in [-0.2, 0) is 6.54 Å². The summed E-state index contributed by atoms with van der Waals surface area (Å²) < 4.78 is 7.07. The van der Waals surface area contributed by atoms with Crippen molar-refractivity contribution in [3.8, 4) is 5.88 Å². The van der Waals surface area contributed by atoms with Crippen LogP contribution >= 0.6 is 0 Å². The molecule has 0 radical (unpaired) electrons. The Bertz CT molecular complexity index is 266. The number of methoxy groups -OCH3 is 1. The molecule has 4 heteroatoms. The van der Waals surface area contributed by atoms with Crippen LogP contribution in [0.2, 0.25) is 0 Å². The van der Waals surface area contributed by atoms with Crippen LogP contribution < -0.4 is 10.1 Å². The van der Waals surface area contributed by atoms with Crippen LogP contribution in [0.1, 0.15) is 12.8 Å². The van der Waals surface area contributed by atoms with Crippen LogP contribution in [-0.4, -0.2) is 29.5 Å². The third-order valence-corrected chi connectivity index (χ3v) is 2.44. The fourth-order valence-electron chi connectivity index (χ4n) is 1.75. The molecule has 0 spiro atoms. The molecule has 4 nitrogen and oxygen atoms in total. The number of hydrogen-bond donors (Lipinski definition) is 1. The third-order valence-electron chi connectivity index (χ3n) is 2.44. The van der Waals surface area contributed by atoms with Gasteiger partial charge < -0.3 is 10.1 Å². The van der Waals surface area contributed by atoms with E-state index in [1.807, 2.05) is 10.7 Å². The SMILES string of the molecule is COc1ccnn1CC1CCCN1. The maximum atomic E-state index is 5.17. The van der Waals surface area contributed by atoms with Crippen LogP contribution in [0.15, 0.2) is 12.3 Å². The minimum atomic E-state index is 0.564. The molecule has 0 saturated carbocycles. The van der Waals surface area contributed by atoms with Gasteiger partial charge in [-0.15, -0.1) is 0 Å². The van der Waals surface area contributed by atoms with Crippen LogP contribution in [0.4, 0.5) is 0 Å². The van der Waals surface area contributed by atoms with Gasteiger partial charge in [-0.05, 0) is 19.4 Å². The Labute approximate surface area is 77.9 Å². The lowest BCUT2D eigenvalue weighted by atomic mass is 10.2. The molecule has 2 rings (SSSR count). The van der Waals surface area contributed by atoms with Crippen molar-refractivity contribution in [2.75, 3.05) is 13.7 Å². The van der Waals surface area contributed by atoms with Crippen molar-refractivity contribution in [2.45, 2.75) is 25.4 Å². The highest BCUT2D eigenvalue weighted by Gasteiger charge is 2.15. The lowest BCUT2D eigenvalue weighted by Crippen LogP contribution is -2.27. The molecule has 1 aliphatic heterocycles. The summed E-state index contributed by atoms with van der Waals surface area (Å²) in [6.45, 7) is 2.05. The molecule has 1 fully saturated rings. The van der Waals surface area contributed by atoms with Crippen LogP contribution in [0, 0.1) is 0 Å². The standard InChI is InChI=1S/C9H15N3O/c1-13-9-4-6-11-12(9)7-8-3-2-5-10-8/h4,6,8,10H,2-3,5,7H2,1H3. The van der Waals surface area contributed by atoms with E-state index in [9.17, 15) is 0 Å². The first-order valence-electron chi connectivity index (χ1n) is 4.69. The number of hydrogen-bond acceptors (Lipinski definition) is 3. The van der Waals surface area contributed by atoms with E-state index in [2.05, 4.69) is 10.4 Å². The van der Waals surface area contributed by atoms with E-state index in [1.54, 1.807) is 13.3 Å². The summed E-state index contributed by atoms with van der Waals surface area (Å²) >= 11 is 0. The summed E-state index contributed by atoms with van der Waals surface area (Å²) in [5.41, 5.74) is 0. The molecular weight excluding hydrogens is 166 g/mol. The van der Waals surface area contributed by atoms with Crippen molar-refractivity contribution in [3.05, 3.63) is 12.3 Å². The first-order chi connectivity index (χ1) is 6.40. The molecule has 0 bridgehead atoms. The minimum absolute atomic E-state index is 0.564. The molecule has 0 aromatic carbocycles. The summed E-state index contributed by atoms with van der Waals surface area (Å²) in [6.07, 6.45) is 4.28. The number of nitrogens with one attached hydrogen (secondary N) is 1. The van der Waals surface area contributed by atoms with E-state index in [0.717, 1.165) is 19.0 Å². The maximum absolute atomic E-state index is 5.17. The Hall–Kier alpha value is -1.03. The van der Waals surface area contributed by atoms with Gasteiger partial charge in [-0.3, -0.25) is 0 Å². The summed E-state index contributed by atoms with van der Waals surface area (Å²) in [5.74, 6) is 0.841. The van der Waals surface area contributed by atoms with Gasteiger partial charge in [0.25, 0.3) is 0 Å². The molecule has 13 heavy (non-hydrogen) atoms. The maximum Gasteiger partial charge on any atom is 0.211 e. The first kappa shape index (κ1) is 8.56. The fraction of sp³-hybridized carbons (Fsp3) is 0.667. The fourth-order valence-corrected chi connectivity index (χ4v) is 1.75. The molecule has 2 heterocycles. The van der Waals surface area contributed by atoms with E-state index in [-0.39, 0.29) is 0 Å². The number of aromatic nitrogens is 2. The average molecular weight is 181 g/mol. The van der Waals surface area contributed by atoms with E-state index in [4.69, 9.17) is 4.74 Å². The average Bonchev–Trinajstić information content (AvgIpc) is 2.76. The van der Waals surface area contributed by atoms with E-state index < -0.39 is 0 Å². The molecule has 1 atom stereocenters. The molecular formula is C9H15N3O. The van der Waals surface area contributed by atoms with Gasteiger partial charge in [0.2, 0.25) is 5.88 Å². The van der Waals surface area contributed by atoms with E-state index in [0.29, 0.717) is 6.04 Å². The van der Waals surface area contributed by atoms with E-state index in [1.165, 1.54) is 12.8 Å². The highest BCUT2D eigenvalue weighted by molar-refractivity contribution is 5.07. The second kappa shape index (κ2) is 3.79. The van der Waals surface area contributed by atoms with E-state index >= 15 is 0 Å². The van der Waals surface area contributed by atoms with Crippen molar-refractivity contribution < 1.29 is 4.74 Å². The summed E-state index contributed by atoms with van der Waals surface area (Å²) in [7, 11) is 1.68. The zero-order chi connectivity index (χ0) is 9.10. The van der Waals surface area contributed by atoms with Crippen molar-refractivity contribution in [1.29, 1.82) is 0 Å². The Morgan fingerprint density at radius 1 is 1.77 bits per heavy atom. The Balaban J connectivity index is 1.99. The largest absolute Gasteiger partial charge is 0.481 e. The molecule has 1 saturated heterocycles. The summed E-state index contributed by atoms with van der Waals surface area (Å²) in [4.78, 5) is 0. The van der Waals surface area contributed by atoms with Gasteiger partial charge in [0.15, 0.2) is 0 Å². The number of rotatable bonds is 3. The van der Waals surface area contributed by atoms with Crippen LogP contribution in [0.25, 0.3) is 0 Å². The normalized spacial score (nSPS) is 22.1. The second-order valence-electron chi connectivity index (χ2n) is 3.35. The van der Waals surface area contributed by atoms with Gasteiger partial charge in [-0.1, -0.05) is 0 Å². The highest BCUT2D eigenvalue weighted by Crippen LogP contribution is 2.12. The molecule has 1 unspecified atom stereocenters. The quantitative estimate of drug-likeness (QED) is 0.744. The zero-order valence-corrected chi connectivity index (χ0v) is 7.86. The van der Waals surface area contributed by atoms with Gasteiger partial charge in [-0.25, -0.2) is 4.68 Å². The topological polar surface area (TPSA) is 39.1 Å². The highest BCUT2D eigenvalue weighted by atomic mass is 16.5. The Morgan fingerprint density at radius 2 is 2.69 bits per heavy atom. The van der Waals surface area contributed by atoms with Gasteiger partial charge in [-0.2, -0.15) is 5.10 Å². The minimum Gasteiger partial charge on any atom is -0.481 e. The third kappa shape index (κ3) is 1.83. The monoisotopic (exact) mass is 181 g/mol. The van der Waals surface area contributed by atoms with Gasteiger partial charge in [0, 0.05) is 12.1 Å². The molecule has 1 aliphatic rings. The molecule has 1 aromatic rings. The smallest absolute Gasteiger partial charge is 0.211 e. The van der Waals surface area contributed by atoms with Crippen LogP contribution in [0.5, 0.6) is 5.88 Å². The molecule has 0 amide bonds. The molecule has 1 aromatic heterocycles. The molecule has 1 N–H and O–H groups in total. The lowest BCUT2D eigenvalue weighted by molar-refractivity contribution is 0.345.